The Bertz CT molecular complexity index is 575. The van der Waals surface area contributed by atoms with E-state index in [2.05, 4.69) is 18.6 Å². The van der Waals surface area contributed by atoms with Gasteiger partial charge in [-0.15, -0.1) is 11.3 Å². The molecular weight excluding hydrogens is 298 g/mol. The number of hydrogen-bond acceptors (Lipinski definition) is 4. The summed E-state index contributed by atoms with van der Waals surface area (Å²) in [6.07, 6.45) is 1.64. The lowest BCUT2D eigenvalue weighted by Crippen LogP contribution is -2.33. The number of carboxylic acid groups (broad SMARTS) is 1. The number of sulfonamides is 1. The first-order chi connectivity index (χ1) is 9.15. The Morgan fingerprint density at radius 3 is 2.45 bits per heavy atom. The van der Waals surface area contributed by atoms with Gasteiger partial charge in [-0.05, 0) is 43.6 Å². The summed E-state index contributed by atoms with van der Waals surface area (Å²) in [6.45, 7) is 7.55. The standard InChI is InChI=1S/C13H21NO4S2/c1-8(2)5-6-10(4)14-20(17,18)12-9(3)7-19-11(12)13(15)16/h7-8,10,14H,5-6H2,1-4H3,(H,15,16). The lowest BCUT2D eigenvalue weighted by molar-refractivity contribution is 0.0698. The number of thiophene rings is 1. The summed E-state index contributed by atoms with van der Waals surface area (Å²) in [5.41, 5.74) is 0.468. The van der Waals surface area contributed by atoms with Crippen molar-refractivity contribution in [3.05, 3.63) is 15.8 Å². The minimum absolute atomic E-state index is 0.105. The zero-order chi connectivity index (χ0) is 15.5. The highest BCUT2D eigenvalue weighted by atomic mass is 32.2. The van der Waals surface area contributed by atoms with E-state index in [1.807, 2.05) is 0 Å². The molecule has 0 aliphatic heterocycles. The minimum Gasteiger partial charge on any atom is -0.477 e. The zero-order valence-electron chi connectivity index (χ0n) is 12.1. The van der Waals surface area contributed by atoms with Crippen molar-refractivity contribution in [1.29, 1.82) is 0 Å². The van der Waals surface area contributed by atoms with Crippen LogP contribution in [0.1, 0.15) is 48.8 Å². The molecule has 1 rings (SSSR count). The van der Waals surface area contributed by atoms with Crippen LogP contribution in [0.5, 0.6) is 0 Å². The Morgan fingerprint density at radius 1 is 1.35 bits per heavy atom. The average Bonchev–Trinajstić information content (AvgIpc) is 2.68. The Kier molecular flexibility index (Phi) is 5.73. The smallest absolute Gasteiger partial charge is 0.347 e. The molecule has 0 bridgehead atoms. The number of rotatable bonds is 7. The third kappa shape index (κ3) is 4.29. The van der Waals surface area contributed by atoms with Crippen LogP contribution < -0.4 is 4.72 Å². The third-order valence-corrected chi connectivity index (χ3v) is 5.91. The van der Waals surface area contributed by atoms with Crippen molar-refractivity contribution >= 4 is 27.3 Å². The minimum atomic E-state index is -3.79. The first-order valence-corrected chi connectivity index (χ1v) is 8.85. The summed E-state index contributed by atoms with van der Waals surface area (Å²) >= 11 is 0.938. The maximum absolute atomic E-state index is 12.3. The molecule has 1 atom stereocenters. The second-order valence-corrected chi connectivity index (χ2v) is 7.91. The molecule has 1 heterocycles. The van der Waals surface area contributed by atoms with Gasteiger partial charge in [0.05, 0.1) is 0 Å². The normalized spacial score (nSPS) is 13.7. The van der Waals surface area contributed by atoms with Gasteiger partial charge in [0.2, 0.25) is 10.0 Å². The number of hydrogen-bond donors (Lipinski definition) is 2. The van der Waals surface area contributed by atoms with Gasteiger partial charge in [-0.3, -0.25) is 0 Å². The largest absolute Gasteiger partial charge is 0.477 e. The summed E-state index contributed by atoms with van der Waals surface area (Å²) in [5.74, 6) is -0.710. The molecular formula is C13H21NO4S2. The number of carbonyl (C=O) groups is 1. The summed E-state index contributed by atoms with van der Waals surface area (Å²) in [6, 6.07) is -0.219. The molecule has 0 saturated heterocycles. The van der Waals surface area contributed by atoms with E-state index in [0.29, 0.717) is 11.5 Å². The maximum Gasteiger partial charge on any atom is 0.347 e. The van der Waals surface area contributed by atoms with Crippen molar-refractivity contribution in [2.45, 2.75) is 51.5 Å². The van der Waals surface area contributed by atoms with Gasteiger partial charge in [-0.25, -0.2) is 17.9 Å². The van der Waals surface area contributed by atoms with Crippen molar-refractivity contribution < 1.29 is 18.3 Å². The molecule has 0 aliphatic rings. The van der Waals surface area contributed by atoms with E-state index in [-0.39, 0.29) is 15.8 Å². The van der Waals surface area contributed by atoms with E-state index in [9.17, 15) is 13.2 Å². The molecule has 0 fully saturated rings. The molecule has 1 aromatic rings. The van der Waals surface area contributed by atoms with Gasteiger partial charge < -0.3 is 5.11 Å². The van der Waals surface area contributed by atoms with Crippen molar-refractivity contribution in [2.75, 3.05) is 0 Å². The maximum atomic E-state index is 12.3. The van der Waals surface area contributed by atoms with E-state index in [4.69, 9.17) is 5.11 Å². The van der Waals surface area contributed by atoms with Gasteiger partial charge in [0.15, 0.2) is 0 Å². The second-order valence-electron chi connectivity index (χ2n) is 5.38. The van der Waals surface area contributed by atoms with Crippen LogP contribution in [-0.4, -0.2) is 25.5 Å². The third-order valence-electron chi connectivity index (χ3n) is 2.91. The zero-order valence-corrected chi connectivity index (χ0v) is 13.8. The van der Waals surface area contributed by atoms with Crippen molar-refractivity contribution in [3.63, 3.8) is 0 Å². The highest BCUT2D eigenvalue weighted by Gasteiger charge is 2.27. The van der Waals surface area contributed by atoms with Crippen LogP contribution in [0.2, 0.25) is 0 Å². The van der Waals surface area contributed by atoms with Crippen LogP contribution in [0.25, 0.3) is 0 Å². The van der Waals surface area contributed by atoms with Crippen LogP contribution in [0.3, 0.4) is 0 Å². The topological polar surface area (TPSA) is 83.5 Å². The first-order valence-electron chi connectivity index (χ1n) is 6.49. The quantitative estimate of drug-likeness (QED) is 0.809. The Hall–Kier alpha value is -0.920. The number of carboxylic acids is 1. The molecule has 1 aromatic heterocycles. The van der Waals surface area contributed by atoms with Gasteiger partial charge in [-0.1, -0.05) is 13.8 Å². The fraction of sp³-hybridized carbons (Fsp3) is 0.615. The highest BCUT2D eigenvalue weighted by Crippen LogP contribution is 2.27. The number of aromatic carboxylic acids is 1. The van der Waals surface area contributed by atoms with Crippen molar-refractivity contribution in [2.24, 2.45) is 5.92 Å². The van der Waals surface area contributed by atoms with Gasteiger partial charge in [0.1, 0.15) is 9.77 Å². The van der Waals surface area contributed by atoms with E-state index < -0.39 is 16.0 Å². The van der Waals surface area contributed by atoms with Crippen molar-refractivity contribution in [3.8, 4) is 0 Å². The molecule has 2 N–H and O–H groups in total. The predicted molar refractivity (Wildman–Crippen MR) is 79.9 cm³/mol. The molecule has 20 heavy (non-hydrogen) atoms. The lowest BCUT2D eigenvalue weighted by Gasteiger charge is -2.15. The fourth-order valence-electron chi connectivity index (χ4n) is 1.88. The summed E-state index contributed by atoms with van der Waals surface area (Å²) in [7, 11) is -3.79. The number of aryl methyl sites for hydroxylation is 1. The Balaban J connectivity index is 2.94. The van der Waals surface area contributed by atoms with E-state index in [1.54, 1.807) is 19.2 Å². The van der Waals surface area contributed by atoms with Crippen LogP contribution in [0.15, 0.2) is 10.3 Å². The first kappa shape index (κ1) is 17.1. The van der Waals surface area contributed by atoms with Crippen LogP contribution >= 0.6 is 11.3 Å². The second kappa shape index (κ2) is 6.69. The van der Waals surface area contributed by atoms with Gasteiger partial charge in [0.25, 0.3) is 0 Å². The predicted octanol–water partition coefficient (Wildman–Crippen LogP) is 2.86. The van der Waals surface area contributed by atoms with E-state index in [1.165, 1.54) is 0 Å². The monoisotopic (exact) mass is 319 g/mol. The van der Waals surface area contributed by atoms with E-state index in [0.717, 1.165) is 24.2 Å². The van der Waals surface area contributed by atoms with Crippen LogP contribution in [0.4, 0.5) is 0 Å². The molecule has 5 nitrogen and oxygen atoms in total. The van der Waals surface area contributed by atoms with Gasteiger partial charge in [0, 0.05) is 6.04 Å². The molecule has 1 unspecified atom stereocenters. The molecule has 0 radical (unpaired) electrons. The highest BCUT2D eigenvalue weighted by molar-refractivity contribution is 7.89. The molecule has 0 spiro atoms. The van der Waals surface area contributed by atoms with E-state index >= 15 is 0 Å². The van der Waals surface area contributed by atoms with Gasteiger partial charge >= 0.3 is 5.97 Å². The number of nitrogens with one attached hydrogen (secondary N) is 1. The molecule has 0 saturated carbocycles. The molecule has 0 amide bonds. The van der Waals surface area contributed by atoms with Gasteiger partial charge in [-0.2, -0.15) is 0 Å². The summed E-state index contributed by atoms with van der Waals surface area (Å²) < 4.78 is 27.2. The summed E-state index contributed by atoms with van der Waals surface area (Å²) in [4.78, 5) is 10.9. The SMILES string of the molecule is Cc1csc(C(=O)O)c1S(=O)(=O)NC(C)CCC(C)C. The Labute approximate surface area is 124 Å². The lowest BCUT2D eigenvalue weighted by atomic mass is 10.1. The summed E-state index contributed by atoms with van der Waals surface area (Å²) in [5, 5.41) is 10.6. The molecule has 0 aliphatic carbocycles. The molecule has 7 heteroatoms. The fourth-order valence-corrected chi connectivity index (χ4v) is 4.79. The Morgan fingerprint density at radius 2 is 1.95 bits per heavy atom. The van der Waals surface area contributed by atoms with Crippen molar-refractivity contribution in [1.82, 2.24) is 4.72 Å². The molecule has 0 aromatic carbocycles. The van der Waals surface area contributed by atoms with Crippen LogP contribution in [0, 0.1) is 12.8 Å². The molecule has 114 valence electrons. The van der Waals surface area contributed by atoms with Crippen LogP contribution in [-0.2, 0) is 10.0 Å². The average molecular weight is 319 g/mol.